The van der Waals surface area contributed by atoms with Crippen molar-refractivity contribution in [1.29, 1.82) is 5.26 Å². The van der Waals surface area contributed by atoms with Crippen LogP contribution < -0.4 is 15.8 Å². The summed E-state index contributed by atoms with van der Waals surface area (Å²) in [6.07, 6.45) is 1.31. The summed E-state index contributed by atoms with van der Waals surface area (Å²) in [5, 5.41) is 19.5. The van der Waals surface area contributed by atoms with E-state index < -0.39 is 15.8 Å². The number of aromatic nitrogens is 2. The molecular formula is C18H15FN6O2S. The molecule has 0 spiro atoms. The van der Waals surface area contributed by atoms with Gasteiger partial charge >= 0.3 is 0 Å². The van der Waals surface area contributed by atoms with E-state index in [9.17, 15) is 12.8 Å². The average molecular weight is 398 g/mol. The van der Waals surface area contributed by atoms with E-state index in [2.05, 4.69) is 26.7 Å². The van der Waals surface area contributed by atoms with Gasteiger partial charge in [-0.15, -0.1) is 0 Å². The Morgan fingerprint density at radius 1 is 1.04 bits per heavy atom. The Labute approximate surface area is 160 Å². The number of nitrogens with one attached hydrogen (secondary N) is 2. The van der Waals surface area contributed by atoms with Gasteiger partial charge in [-0.25, -0.2) is 22.9 Å². The van der Waals surface area contributed by atoms with Gasteiger partial charge in [-0.3, -0.25) is 0 Å². The number of benzene rings is 2. The van der Waals surface area contributed by atoms with E-state index in [0.29, 0.717) is 17.8 Å². The van der Waals surface area contributed by atoms with Crippen LogP contribution in [0.15, 0.2) is 59.6 Å². The number of hydrogen-bond acceptors (Lipinski definition) is 7. The number of rotatable bonds is 6. The van der Waals surface area contributed by atoms with Gasteiger partial charge in [0.1, 0.15) is 0 Å². The highest BCUT2D eigenvalue weighted by molar-refractivity contribution is 7.89. The molecule has 0 bridgehead atoms. The second-order valence-electron chi connectivity index (χ2n) is 5.74. The van der Waals surface area contributed by atoms with Crippen molar-refractivity contribution in [3.63, 3.8) is 0 Å². The van der Waals surface area contributed by atoms with Crippen LogP contribution in [0, 0.1) is 17.1 Å². The lowest BCUT2D eigenvalue weighted by Gasteiger charge is -2.10. The van der Waals surface area contributed by atoms with Crippen LogP contribution in [0.1, 0.15) is 5.56 Å². The SMILES string of the molecule is N#CCc1ccc(Nc2nc(Nc3ccc(S(N)(=O)=O)cc3)ncc2F)cc1. The first-order valence-electron chi connectivity index (χ1n) is 8.00. The molecule has 1 aromatic heterocycles. The van der Waals surface area contributed by atoms with Gasteiger partial charge in [0.05, 0.1) is 23.6 Å². The van der Waals surface area contributed by atoms with E-state index in [1.54, 1.807) is 24.3 Å². The van der Waals surface area contributed by atoms with Crippen LogP contribution in [-0.2, 0) is 16.4 Å². The third-order valence-electron chi connectivity index (χ3n) is 3.68. The average Bonchev–Trinajstić information content (AvgIpc) is 2.66. The van der Waals surface area contributed by atoms with Crippen LogP contribution in [0.4, 0.5) is 27.5 Å². The number of hydrogen-bond donors (Lipinski definition) is 3. The van der Waals surface area contributed by atoms with Gasteiger partial charge in [-0.2, -0.15) is 10.2 Å². The lowest BCUT2D eigenvalue weighted by atomic mass is 10.1. The Morgan fingerprint density at radius 2 is 1.64 bits per heavy atom. The minimum absolute atomic E-state index is 0.0275. The van der Waals surface area contributed by atoms with Gasteiger partial charge in [0, 0.05) is 11.4 Å². The number of nitriles is 1. The van der Waals surface area contributed by atoms with Crippen molar-refractivity contribution in [2.45, 2.75) is 11.3 Å². The smallest absolute Gasteiger partial charge is 0.238 e. The summed E-state index contributed by atoms with van der Waals surface area (Å²) in [4.78, 5) is 7.93. The predicted octanol–water partition coefficient (Wildman–Crippen LogP) is 2.82. The number of nitrogens with zero attached hydrogens (tertiary/aromatic N) is 3. The molecular weight excluding hydrogens is 383 g/mol. The molecule has 0 saturated heterocycles. The van der Waals surface area contributed by atoms with Crippen molar-refractivity contribution in [2.75, 3.05) is 10.6 Å². The maximum Gasteiger partial charge on any atom is 0.238 e. The Morgan fingerprint density at radius 3 is 2.25 bits per heavy atom. The highest BCUT2D eigenvalue weighted by Gasteiger charge is 2.10. The van der Waals surface area contributed by atoms with Crippen molar-refractivity contribution in [3.05, 3.63) is 66.1 Å². The van der Waals surface area contributed by atoms with Crippen LogP contribution >= 0.6 is 0 Å². The van der Waals surface area contributed by atoms with Crippen LogP contribution in [-0.4, -0.2) is 18.4 Å². The van der Waals surface area contributed by atoms with Gasteiger partial charge in [0.2, 0.25) is 16.0 Å². The summed E-state index contributed by atoms with van der Waals surface area (Å²) in [6.45, 7) is 0. The van der Waals surface area contributed by atoms with Crippen LogP contribution in [0.3, 0.4) is 0 Å². The standard InChI is InChI=1S/C18H15FN6O2S/c19-16-11-22-18(24-14-5-7-15(8-6-14)28(21,26)27)25-17(16)23-13-3-1-12(2-4-13)9-10-20/h1-8,11H,9H2,(H2,21,26,27)(H2,22,23,24,25). The van der Waals surface area contributed by atoms with Crippen molar-refractivity contribution in [1.82, 2.24) is 9.97 Å². The van der Waals surface area contributed by atoms with Crippen molar-refractivity contribution < 1.29 is 12.8 Å². The molecule has 0 unspecified atom stereocenters. The topological polar surface area (TPSA) is 134 Å². The fourth-order valence-electron chi connectivity index (χ4n) is 2.31. The largest absolute Gasteiger partial charge is 0.338 e. The Kier molecular flexibility index (Phi) is 5.49. The molecule has 8 nitrogen and oxygen atoms in total. The number of sulfonamides is 1. The zero-order valence-electron chi connectivity index (χ0n) is 14.4. The molecule has 0 fully saturated rings. The molecule has 0 atom stereocenters. The fourth-order valence-corrected chi connectivity index (χ4v) is 2.82. The third-order valence-corrected chi connectivity index (χ3v) is 4.61. The quantitative estimate of drug-likeness (QED) is 0.581. The molecule has 0 amide bonds. The normalized spacial score (nSPS) is 10.9. The highest BCUT2D eigenvalue weighted by atomic mass is 32.2. The van der Waals surface area contributed by atoms with Crippen molar-refractivity contribution in [3.8, 4) is 6.07 Å². The number of primary sulfonamides is 1. The maximum atomic E-state index is 14.0. The molecule has 4 N–H and O–H groups in total. The maximum absolute atomic E-state index is 14.0. The molecule has 142 valence electrons. The van der Waals surface area contributed by atoms with E-state index in [4.69, 9.17) is 10.4 Å². The van der Waals surface area contributed by atoms with Gasteiger partial charge in [-0.1, -0.05) is 12.1 Å². The van der Waals surface area contributed by atoms with Crippen molar-refractivity contribution in [2.24, 2.45) is 5.14 Å². The molecule has 10 heteroatoms. The summed E-state index contributed by atoms with van der Waals surface area (Å²) in [5.74, 6) is -0.559. The molecule has 0 aliphatic carbocycles. The Hall–Kier alpha value is -3.55. The third kappa shape index (κ3) is 4.79. The second-order valence-corrected chi connectivity index (χ2v) is 7.30. The summed E-state index contributed by atoms with van der Waals surface area (Å²) in [7, 11) is -3.78. The zero-order chi connectivity index (χ0) is 20.1. The van der Waals surface area contributed by atoms with Gasteiger partial charge in [0.15, 0.2) is 11.6 Å². The molecule has 0 radical (unpaired) electrons. The second kappa shape index (κ2) is 7.99. The zero-order valence-corrected chi connectivity index (χ0v) is 15.2. The Bertz CT molecular complexity index is 1130. The summed E-state index contributed by atoms with van der Waals surface area (Å²) in [5.41, 5.74) is 1.95. The lowest BCUT2D eigenvalue weighted by molar-refractivity contribution is 0.598. The number of anilines is 4. The number of halogens is 1. The first-order valence-corrected chi connectivity index (χ1v) is 9.55. The van der Waals surface area contributed by atoms with E-state index in [0.717, 1.165) is 11.8 Å². The molecule has 0 saturated carbocycles. The lowest BCUT2D eigenvalue weighted by Crippen LogP contribution is -2.11. The molecule has 0 aliphatic heterocycles. The Balaban J connectivity index is 1.76. The first kappa shape index (κ1) is 19.2. The molecule has 3 aromatic rings. The van der Waals surface area contributed by atoms with Gasteiger partial charge < -0.3 is 10.6 Å². The number of nitrogens with two attached hydrogens (primary N) is 1. The summed E-state index contributed by atoms with van der Waals surface area (Å²) in [6, 6.07) is 14.7. The monoisotopic (exact) mass is 398 g/mol. The van der Waals surface area contributed by atoms with Crippen LogP contribution in [0.25, 0.3) is 0 Å². The molecule has 0 aliphatic rings. The van der Waals surface area contributed by atoms with E-state index in [-0.39, 0.29) is 16.7 Å². The van der Waals surface area contributed by atoms with Crippen molar-refractivity contribution >= 4 is 33.2 Å². The van der Waals surface area contributed by atoms with Crippen LogP contribution in [0.5, 0.6) is 0 Å². The first-order chi connectivity index (χ1) is 13.3. The minimum atomic E-state index is -3.78. The highest BCUT2D eigenvalue weighted by Crippen LogP contribution is 2.21. The van der Waals surface area contributed by atoms with E-state index >= 15 is 0 Å². The summed E-state index contributed by atoms with van der Waals surface area (Å²) >= 11 is 0. The molecule has 3 rings (SSSR count). The molecule has 2 aromatic carbocycles. The van der Waals surface area contributed by atoms with Crippen LogP contribution in [0.2, 0.25) is 0 Å². The molecule has 1 heterocycles. The van der Waals surface area contributed by atoms with E-state index in [1.807, 2.05) is 0 Å². The van der Waals surface area contributed by atoms with E-state index in [1.165, 1.54) is 24.3 Å². The van der Waals surface area contributed by atoms with Gasteiger partial charge in [0.25, 0.3) is 0 Å². The minimum Gasteiger partial charge on any atom is -0.338 e. The molecule has 28 heavy (non-hydrogen) atoms. The fraction of sp³-hybridized carbons (Fsp3) is 0.0556. The predicted molar refractivity (Wildman–Crippen MR) is 102 cm³/mol. The summed E-state index contributed by atoms with van der Waals surface area (Å²) < 4.78 is 36.6. The van der Waals surface area contributed by atoms with Gasteiger partial charge in [-0.05, 0) is 42.0 Å².